The number of rotatable bonds is 4. The number of hydrogen-bond acceptors (Lipinski definition) is 3. The zero-order chi connectivity index (χ0) is 12.7. The van der Waals surface area contributed by atoms with Crippen LogP contribution in [-0.4, -0.2) is 52.9 Å². The van der Waals surface area contributed by atoms with E-state index in [1.54, 1.807) is 4.90 Å². The van der Waals surface area contributed by atoms with Crippen molar-refractivity contribution >= 4 is 12.0 Å². The molecule has 1 heterocycles. The van der Waals surface area contributed by atoms with Gasteiger partial charge < -0.3 is 20.4 Å². The second-order valence-corrected chi connectivity index (χ2v) is 4.28. The number of carboxylic acids is 1. The second kappa shape index (κ2) is 7.11. The summed E-state index contributed by atoms with van der Waals surface area (Å²) in [7, 11) is 0. The van der Waals surface area contributed by atoms with E-state index in [0.717, 1.165) is 38.8 Å². The minimum absolute atomic E-state index is 0.0366. The van der Waals surface area contributed by atoms with Crippen molar-refractivity contribution in [2.75, 3.05) is 19.6 Å². The van der Waals surface area contributed by atoms with Gasteiger partial charge in [0.15, 0.2) is 6.10 Å². The van der Waals surface area contributed by atoms with Gasteiger partial charge in [-0.1, -0.05) is 12.8 Å². The summed E-state index contributed by atoms with van der Waals surface area (Å²) in [5, 5.41) is 20.1. The molecule has 0 aromatic heterocycles. The molecule has 0 aromatic rings. The quantitative estimate of drug-likeness (QED) is 0.668. The smallest absolute Gasteiger partial charge is 0.332 e. The van der Waals surface area contributed by atoms with E-state index in [1.165, 1.54) is 0 Å². The molecule has 1 saturated heterocycles. The fourth-order valence-corrected chi connectivity index (χ4v) is 1.82. The largest absolute Gasteiger partial charge is 0.479 e. The standard InChI is InChI=1S/C11H20N2O4/c14-9(10(15)16)5-6-12-11(17)13-7-3-1-2-4-8-13/h9,14H,1-8H2,(H,12,17)(H,15,16)/t9-/m0/s1. The number of carboxylic acid groups (broad SMARTS) is 1. The number of aliphatic carboxylic acids is 1. The SMILES string of the molecule is O=C(O)[C@@H](O)CCNC(=O)N1CCCCCC1. The molecular weight excluding hydrogens is 224 g/mol. The number of aliphatic hydroxyl groups excluding tert-OH is 1. The van der Waals surface area contributed by atoms with Crippen molar-refractivity contribution in [3.05, 3.63) is 0 Å². The number of carbonyl (C=O) groups excluding carboxylic acids is 1. The van der Waals surface area contributed by atoms with Crippen LogP contribution in [0.2, 0.25) is 0 Å². The van der Waals surface area contributed by atoms with Gasteiger partial charge in [0, 0.05) is 26.1 Å². The molecule has 1 aliphatic heterocycles. The molecule has 98 valence electrons. The van der Waals surface area contributed by atoms with Gasteiger partial charge in [-0.15, -0.1) is 0 Å². The summed E-state index contributed by atoms with van der Waals surface area (Å²) in [4.78, 5) is 23.8. The molecule has 3 N–H and O–H groups in total. The summed E-state index contributed by atoms with van der Waals surface area (Å²) in [6.07, 6.45) is 2.98. The van der Waals surface area contributed by atoms with Crippen molar-refractivity contribution in [3.63, 3.8) is 0 Å². The number of nitrogens with one attached hydrogen (secondary N) is 1. The topological polar surface area (TPSA) is 89.9 Å². The fourth-order valence-electron chi connectivity index (χ4n) is 1.82. The predicted octanol–water partition coefficient (Wildman–Crippen LogP) is 0.408. The lowest BCUT2D eigenvalue weighted by atomic mass is 10.2. The molecule has 0 unspecified atom stereocenters. The molecule has 1 atom stereocenters. The highest BCUT2D eigenvalue weighted by molar-refractivity contribution is 5.74. The van der Waals surface area contributed by atoms with Crippen LogP contribution in [0.5, 0.6) is 0 Å². The Morgan fingerprint density at radius 2 is 1.76 bits per heavy atom. The second-order valence-electron chi connectivity index (χ2n) is 4.28. The first-order valence-electron chi connectivity index (χ1n) is 6.05. The molecule has 6 nitrogen and oxygen atoms in total. The first kappa shape index (κ1) is 13.8. The van der Waals surface area contributed by atoms with E-state index in [4.69, 9.17) is 10.2 Å². The van der Waals surface area contributed by atoms with Crippen molar-refractivity contribution in [1.29, 1.82) is 0 Å². The van der Waals surface area contributed by atoms with Gasteiger partial charge in [0.2, 0.25) is 0 Å². The Kier molecular flexibility index (Phi) is 5.76. The Morgan fingerprint density at radius 1 is 1.18 bits per heavy atom. The van der Waals surface area contributed by atoms with E-state index >= 15 is 0 Å². The van der Waals surface area contributed by atoms with Crippen LogP contribution in [0.4, 0.5) is 4.79 Å². The molecule has 0 spiro atoms. The normalized spacial score (nSPS) is 18.3. The third-order valence-corrected chi connectivity index (χ3v) is 2.87. The molecule has 1 rings (SSSR count). The summed E-state index contributed by atoms with van der Waals surface area (Å²) in [5.41, 5.74) is 0. The zero-order valence-electron chi connectivity index (χ0n) is 9.89. The molecule has 0 aliphatic carbocycles. The first-order valence-corrected chi connectivity index (χ1v) is 6.05. The molecule has 0 bridgehead atoms. The molecule has 1 fully saturated rings. The Hall–Kier alpha value is -1.30. The molecule has 1 aliphatic rings. The third-order valence-electron chi connectivity index (χ3n) is 2.87. The predicted molar refractivity (Wildman–Crippen MR) is 61.7 cm³/mol. The highest BCUT2D eigenvalue weighted by Gasteiger charge is 2.16. The maximum absolute atomic E-state index is 11.7. The highest BCUT2D eigenvalue weighted by atomic mass is 16.4. The number of nitrogens with zero attached hydrogens (tertiary/aromatic N) is 1. The van der Waals surface area contributed by atoms with Crippen LogP contribution in [0, 0.1) is 0 Å². The lowest BCUT2D eigenvalue weighted by Crippen LogP contribution is -2.41. The van der Waals surface area contributed by atoms with Gasteiger partial charge in [0.25, 0.3) is 0 Å². The lowest BCUT2D eigenvalue weighted by molar-refractivity contribution is -0.146. The minimum atomic E-state index is -1.40. The molecule has 17 heavy (non-hydrogen) atoms. The maximum atomic E-state index is 11.7. The van der Waals surface area contributed by atoms with E-state index in [2.05, 4.69) is 5.32 Å². The number of aliphatic hydroxyl groups is 1. The highest BCUT2D eigenvalue weighted by Crippen LogP contribution is 2.09. The van der Waals surface area contributed by atoms with Crippen LogP contribution in [-0.2, 0) is 4.79 Å². The zero-order valence-corrected chi connectivity index (χ0v) is 9.89. The van der Waals surface area contributed by atoms with E-state index < -0.39 is 12.1 Å². The Balaban J connectivity index is 2.21. The summed E-state index contributed by atoms with van der Waals surface area (Å²) in [6.45, 7) is 1.70. The average Bonchev–Trinajstić information content (AvgIpc) is 2.57. The third kappa shape index (κ3) is 5.04. The van der Waals surface area contributed by atoms with Crippen LogP contribution in [0.25, 0.3) is 0 Å². The van der Waals surface area contributed by atoms with Gasteiger partial charge in [0.1, 0.15) is 0 Å². The van der Waals surface area contributed by atoms with Crippen LogP contribution in [0.3, 0.4) is 0 Å². The summed E-state index contributed by atoms with van der Waals surface area (Å²) in [6, 6.07) is -0.163. The van der Waals surface area contributed by atoms with Gasteiger partial charge in [-0.3, -0.25) is 0 Å². The van der Waals surface area contributed by atoms with Gasteiger partial charge >= 0.3 is 12.0 Å². The van der Waals surface area contributed by atoms with Crippen LogP contribution in [0.1, 0.15) is 32.1 Å². The van der Waals surface area contributed by atoms with Gasteiger partial charge in [0.05, 0.1) is 0 Å². The minimum Gasteiger partial charge on any atom is -0.479 e. The number of hydrogen-bond donors (Lipinski definition) is 3. The van der Waals surface area contributed by atoms with E-state index in [9.17, 15) is 9.59 Å². The maximum Gasteiger partial charge on any atom is 0.332 e. The Labute approximate surface area is 101 Å². The molecule has 6 heteroatoms. The molecular formula is C11H20N2O4. The van der Waals surface area contributed by atoms with Gasteiger partial charge in [-0.05, 0) is 12.8 Å². The number of urea groups is 1. The van der Waals surface area contributed by atoms with Crippen molar-refractivity contribution < 1.29 is 19.8 Å². The van der Waals surface area contributed by atoms with Crippen LogP contribution in [0.15, 0.2) is 0 Å². The summed E-state index contributed by atoms with van der Waals surface area (Å²) < 4.78 is 0. The van der Waals surface area contributed by atoms with E-state index in [-0.39, 0.29) is 19.0 Å². The molecule has 0 radical (unpaired) electrons. The Morgan fingerprint density at radius 3 is 2.29 bits per heavy atom. The number of carbonyl (C=O) groups is 2. The lowest BCUT2D eigenvalue weighted by Gasteiger charge is -2.20. The van der Waals surface area contributed by atoms with Crippen molar-refractivity contribution in [3.8, 4) is 0 Å². The fraction of sp³-hybridized carbons (Fsp3) is 0.818. The average molecular weight is 244 g/mol. The van der Waals surface area contributed by atoms with Crippen molar-refractivity contribution in [2.24, 2.45) is 0 Å². The van der Waals surface area contributed by atoms with Gasteiger partial charge in [-0.25, -0.2) is 9.59 Å². The van der Waals surface area contributed by atoms with Crippen LogP contribution < -0.4 is 5.32 Å². The molecule has 0 aromatic carbocycles. The number of amides is 2. The number of likely N-dealkylation sites (tertiary alicyclic amines) is 1. The first-order chi connectivity index (χ1) is 8.11. The van der Waals surface area contributed by atoms with E-state index in [1.807, 2.05) is 0 Å². The monoisotopic (exact) mass is 244 g/mol. The van der Waals surface area contributed by atoms with Crippen molar-refractivity contribution in [1.82, 2.24) is 10.2 Å². The Bertz CT molecular complexity index is 262. The van der Waals surface area contributed by atoms with Crippen molar-refractivity contribution in [2.45, 2.75) is 38.2 Å². The summed E-state index contributed by atoms with van der Waals surface area (Å²) >= 11 is 0. The van der Waals surface area contributed by atoms with E-state index in [0.29, 0.717) is 0 Å². The molecule has 0 saturated carbocycles. The van der Waals surface area contributed by atoms with Crippen LogP contribution >= 0.6 is 0 Å². The molecule has 2 amide bonds. The van der Waals surface area contributed by atoms with Gasteiger partial charge in [-0.2, -0.15) is 0 Å². The summed E-state index contributed by atoms with van der Waals surface area (Å²) in [5.74, 6) is -1.26.